The molecule has 1 heterocycles. The highest BCUT2D eigenvalue weighted by Crippen LogP contribution is 2.36. The molecule has 0 N–H and O–H groups in total. The van der Waals surface area contributed by atoms with E-state index in [1.54, 1.807) is 6.07 Å². The van der Waals surface area contributed by atoms with Crippen LogP contribution in [-0.2, 0) is 11.2 Å². The third-order valence-corrected chi connectivity index (χ3v) is 2.60. The highest BCUT2D eigenvalue weighted by atomic mass is 16.6. The molecule has 0 aromatic heterocycles. The molecule has 90 valence electrons. The summed E-state index contributed by atoms with van der Waals surface area (Å²) in [5.74, 6) is -1.73. The molecule has 1 aromatic carbocycles. The number of carbonyl (C=O) groups excluding carboxylic acids is 2. The van der Waals surface area contributed by atoms with Gasteiger partial charge < -0.3 is 19.4 Å². The summed E-state index contributed by atoms with van der Waals surface area (Å²) in [6.45, 7) is 2.66. The molecule has 0 unspecified atom stereocenters. The van der Waals surface area contributed by atoms with Crippen molar-refractivity contribution in [3.8, 4) is 11.5 Å². The van der Waals surface area contributed by atoms with E-state index >= 15 is 0 Å². The van der Waals surface area contributed by atoms with Crippen molar-refractivity contribution in [1.82, 2.24) is 0 Å². The smallest absolute Gasteiger partial charge is 0.208 e. The van der Waals surface area contributed by atoms with E-state index in [1.807, 2.05) is 6.92 Å². The average Bonchev–Trinajstić information content (AvgIpc) is 2.36. The molecule has 5 nitrogen and oxygen atoms in total. The Bertz CT molecular complexity index is 478. The van der Waals surface area contributed by atoms with Gasteiger partial charge in [-0.05, 0) is 18.6 Å². The van der Waals surface area contributed by atoms with Crippen LogP contribution < -0.4 is 14.6 Å². The maximum absolute atomic E-state index is 11.5. The second-order valence-corrected chi connectivity index (χ2v) is 3.59. The number of hydrogen-bond donors (Lipinski definition) is 0. The van der Waals surface area contributed by atoms with Crippen LogP contribution in [0.2, 0.25) is 0 Å². The molecule has 0 fully saturated rings. The van der Waals surface area contributed by atoms with Gasteiger partial charge in [0.1, 0.15) is 19.2 Å². The second kappa shape index (κ2) is 4.45. The summed E-state index contributed by atoms with van der Waals surface area (Å²) in [5, 5.41) is 10.6. The van der Waals surface area contributed by atoms with Crippen LogP contribution in [-0.4, -0.2) is 25.0 Å². The van der Waals surface area contributed by atoms with E-state index in [2.05, 4.69) is 0 Å². The lowest BCUT2D eigenvalue weighted by Crippen LogP contribution is -2.32. The van der Waals surface area contributed by atoms with Crippen LogP contribution in [0, 0.1) is 0 Å². The molecule has 0 saturated heterocycles. The van der Waals surface area contributed by atoms with E-state index in [0.29, 0.717) is 36.7 Å². The monoisotopic (exact) mass is 235 g/mol. The summed E-state index contributed by atoms with van der Waals surface area (Å²) < 4.78 is 10.8. The Morgan fingerprint density at radius 2 is 2.00 bits per heavy atom. The van der Waals surface area contributed by atoms with Gasteiger partial charge in [-0.2, -0.15) is 0 Å². The minimum absolute atomic E-state index is 0.108. The quantitative estimate of drug-likeness (QED) is 0.542. The zero-order chi connectivity index (χ0) is 12.4. The summed E-state index contributed by atoms with van der Waals surface area (Å²) in [7, 11) is 0. The number of fused-ring (bicyclic) bond motifs is 1. The average molecular weight is 235 g/mol. The standard InChI is InChI=1S/C12H12O5/c1-2-7-8(10(13)12(14)15)3-4-9-11(7)17-6-5-16-9/h3-4H,2,5-6H2,1H3,(H,14,15)/p-1. The third kappa shape index (κ3) is 1.95. The summed E-state index contributed by atoms with van der Waals surface area (Å²) in [6, 6.07) is 2.98. The van der Waals surface area contributed by atoms with Crippen LogP contribution in [0.25, 0.3) is 0 Å². The van der Waals surface area contributed by atoms with Gasteiger partial charge in [0.05, 0.1) is 0 Å². The van der Waals surface area contributed by atoms with Gasteiger partial charge >= 0.3 is 0 Å². The lowest BCUT2D eigenvalue weighted by molar-refractivity contribution is -0.296. The number of aliphatic carboxylic acids is 1. The molecule has 0 spiro atoms. The highest BCUT2D eigenvalue weighted by molar-refractivity contribution is 6.39. The van der Waals surface area contributed by atoms with Gasteiger partial charge in [0, 0.05) is 11.1 Å². The largest absolute Gasteiger partial charge is 0.541 e. The topological polar surface area (TPSA) is 75.7 Å². The number of carbonyl (C=O) groups is 2. The Hall–Kier alpha value is -2.04. The molecule has 0 saturated carbocycles. The maximum Gasteiger partial charge on any atom is 0.208 e. The SMILES string of the molecule is CCc1c(C(=O)C(=O)[O-])ccc2c1OCCO2. The number of carboxylic acid groups (broad SMARTS) is 1. The molecule has 1 aliphatic rings. The first-order valence-electron chi connectivity index (χ1n) is 5.32. The minimum Gasteiger partial charge on any atom is -0.541 e. The normalized spacial score (nSPS) is 13.2. The number of carboxylic acids is 1. The van der Waals surface area contributed by atoms with Gasteiger partial charge in [-0.25, -0.2) is 0 Å². The maximum atomic E-state index is 11.5. The van der Waals surface area contributed by atoms with Gasteiger partial charge in [0.2, 0.25) is 5.78 Å². The van der Waals surface area contributed by atoms with Crippen LogP contribution in [0.4, 0.5) is 0 Å². The molecule has 1 aliphatic heterocycles. The Kier molecular flexibility index (Phi) is 2.99. The fourth-order valence-electron chi connectivity index (χ4n) is 1.85. The molecule has 0 radical (unpaired) electrons. The van der Waals surface area contributed by atoms with Crippen LogP contribution >= 0.6 is 0 Å². The van der Waals surface area contributed by atoms with Crippen LogP contribution in [0.3, 0.4) is 0 Å². The van der Waals surface area contributed by atoms with E-state index in [4.69, 9.17) is 9.47 Å². The number of Topliss-reactive ketones (excluding diaryl/α,β-unsaturated/α-hetero) is 1. The molecule has 1 aromatic rings. The summed E-state index contributed by atoms with van der Waals surface area (Å²) in [5.41, 5.74) is 0.660. The first-order valence-corrected chi connectivity index (χ1v) is 5.32. The zero-order valence-electron chi connectivity index (χ0n) is 9.32. The Balaban J connectivity index is 2.54. The number of hydrogen-bond acceptors (Lipinski definition) is 5. The zero-order valence-corrected chi connectivity index (χ0v) is 9.32. The lowest BCUT2D eigenvalue weighted by atomic mass is 9.99. The molecule has 2 rings (SSSR count). The predicted molar refractivity (Wildman–Crippen MR) is 56.1 cm³/mol. The van der Waals surface area contributed by atoms with Crippen molar-refractivity contribution < 1.29 is 24.2 Å². The van der Waals surface area contributed by atoms with Gasteiger partial charge in [-0.15, -0.1) is 0 Å². The molecule has 0 aliphatic carbocycles. The van der Waals surface area contributed by atoms with Crippen molar-refractivity contribution in [3.05, 3.63) is 23.3 Å². The predicted octanol–water partition coefficient (Wildman–Crippen LogP) is -0.0472. The van der Waals surface area contributed by atoms with Gasteiger partial charge in [-0.1, -0.05) is 6.92 Å². The van der Waals surface area contributed by atoms with Crippen molar-refractivity contribution in [2.75, 3.05) is 13.2 Å². The molecule has 5 heteroatoms. The Labute approximate surface area is 98.0 Å². The van der Waals surface area contributed by atoms with Crippen molar-refractivity contribution in [2.24, 2.45) is 0 Å². The fraction of sp³-hybridized carbons (Fsp3) is 0.333. The first-order chi connectivity index (χ1) is 8.15. The van der Waals surface area contributed by atoms with Gasteiger partial charge in [0.15, 0.2) is 11.5 Å². The fourth-order valence-corrected chi connectivity index (χ4v) is 1.85. The second-order valence-electron chi connectivity index (χ2n) is 3.59. The first kappa shape index (κ1) is 11.4. The van der Waals surface area contributed by atoms with Crippen molar-refractivity contribution in [3.63, 3.8) is 0 Å². The van der Waals surface area contributed by atoms with Crippen LogP contribution in [0.5, 0.6) is 11.5 Å². The molecule has 0 bridgehead atoms. The molecule has 0 atom stereocenters. The van der Waals surface area contributed by atoms with Gasteiger partial charge in [-0.3, -0.25) is 4.79 Å². The molecular formula is C12H11O5-. The van der Waals surface area contributed by atoms with Crippen LogP contribution in [0.1, 0.15) is 22.8 Å². The third-order valence-electron chi connectivity index (χ3n) is 2.60. The van der Waals surface area contributed by atoms with E-state index in [-0.39, 0.29) is 5.56 Å². The lowest BCUT2D eigenvalue weighted by Gasteiger charge is -2.22. The van der Waals surface area contributed by atoms with Crippen molar-refractivity contribution in [1.29, 1.82) is 0 Å². The summed E-state index contributed by atoms with van der Waals surface area (Å²) in [6.07, 6.45) is 0.487. The number of ketones is 1. The molecular weight excluding hydrogens is 224 g/mol. The van der Waals surface area contributed by atoms with Crippen molar-refractivity contribution >= 4 is 11.8 Å². The van der Waals surface area contributed by atoms with Gasteiger partial charge in [0.25, 0.3) is 0 Å². The number of ether oxygens (including phenoxy) is 2. The molecule has 0 amide bonds. The van der Waals surface area contributed by atoms with E-state index in [1.165, 1.54) is 6.07 Å². The molecule has 17 heavy (non-hydrogen) atoms. The number of rotatable bonds is 3. The highest BCUT2D eigenvalue weighted by Gasteiger charge is 2.21. The van der Waals surface area contributed by atoms with E-state index < -0.39 is 11.8 Å². The van der Waals surface area contributed by atoms with Crippen molar-refractivity contribution in [2.45, 2.75) is 13.3 Å². The Morgan fingerprint density at radius 1 is 1.29 bits per heavy atom. The van der Waals surface area contributed by atoms with E-state index in [0.717, 1.165) is 0 Å². The summed E-state index contributed by atoms with van der Waals surface area (Å²) in [4.78, 5) is 22.1. The number of benzene rings is 1. The van der Waals surface area contributed by atoms with Crippen LogP contribution in [0.15, 0.2) is 12.1 Å². The minimum atomic E-state index is -1.71. The Morgan fingerprint density at radius 3 is 2.65 bits per heavy atom. The summed E-state index contributed by atoms with van der Waals surface area (Å²) >= 11 is 0. The van der Waals surface area contributed by atoms with E-state index in [9.17, 15) is 14.7 Å².